The molecule has 2 aromatic heterocycles. The monoisotopic (exact) mass is 430 g/mol. The number of amides is 1. The molecule has 1 fully saturated rings. The number of rotatable bonds is 2. The van der Waals surface area contributed by atoms with Gasteiger partial charge < -0.3 is 4.42 Å². The second-order valence-corrected chi connectivity index (χ2v) is 7.30. The number of thiocarbonyl (C=S) groups is 1. The van der Waals surface area contributed by atoms with Crippen LogP contribution in [-0.4, -0.2) is 14.9 Å². The number of hydrogen-bond donors (Lipinski definition) is 0. The molecule has 1 aliphatic heterocycles. The highest BCUT2D eigenvalue weighted by molar-refractivity contribution is 14.1. The molecule has 2 aromatic rings. The van der Waals surface area contributed by atoms with Gasteiger partial charge in [-0.05, 0) is 72.9 Å². The average molecular weight is 430 g/mol. The SMILES string of the molecule is Cc1ccc(C)n1N1C(=O)C(=Cc2ccc(I)o2)SC1=S. The fourth-order valence-corrected chi connectivity index (χ4v) is 3.80. The minimum atomic E-state index is -0.126. The molecule has 7 heteroatoms. The van der Waals surface area contributed by atoms with Crippen LogP contribution in [0.3, 0.4) is 0 Å². The van der Waals surface area contributed by atoms with Gasteiger partial charge in [-0.3, -0.25) is 9.47 Å². The van der Waals surface area contributed by atoms with E-state index in [-0.39, 0.29) is 5.91 Å². The third-order valence-electron chi connectivity index (χ3n) is 3.07. The molecule has 0 radical (unpaired) electrons. The summed E-state index contributed by atoms with van der Waals surface area (Å²) in [6, 6.07) is 7.62. The fraction of sp³-hybridized carbons (Fsp3) is 0.143. The first kappa shape index (κ1) is 14.9. The fourth-order valence-electron chi connectivity index (χ4n) is 2.14. The quantitative estimate of drug-likeness (QED) is 0.413. The molecule has 0 bridgehead atoms. The summed E-state index contributed by atoms with van der Waals surface area (Å²) >= 11 is 8.73. The van der Waals surface area contributed by atoms with E-state index in [0.29, 0.717) is 15.0 Å². The summed E-state index contributed by atoms with van der Waals surface area (Å²) in [4.78, 5) is 13.2. The average Bonchev–Trinajstić information content (AvgIpc) is 3.05. The molecular weight excluding hydrogens is 419 g/mol. The van der Waals surface area contributed by atoms with Gasteiger partial charge in [-0.15, -0.1) is 0 Å². The first-order chi connectivity index (χ1) is 9.97. The third kappa shape index (κ3) is 2.69. The number of aromatic nitrogens is 1. The van der Waals surface area contributed by atoms with E-state index in [9.17, 15) is 4.79 Å². The molecule has 3 heterocycles. The van der Waals surface area contributed by atoms with Crippen LogP contribution in [0.25, 0.3) is 6.08 Å². The van der Waals surface area contributed by atoms with Crippen LogP contribution < -0.4 is 5.01 Å². The molecule has 0 aliphatic carbocycles. The molecule has 3 rings (SSSR count). The number of aryl methyl sites for hydroxylation is 2. The standard InChI is InChI=1S/C14H11IN2O2S2/c1-8-3-4-9(2)16(8)17-13(18)11(21-14(17)20)7-10-5-6-12(15)19-10/h3-7H,1-2H3. The van der Waals surface area contributed by atoms with Crippen molar-refractivity contribution in [3.05, 3.63) is 50.1 Å². The summed E-state index contributed by atoms with van der Waals surface area (Å²) in [5.41, 5.74) is 1.94. The summed E-state index contributed by atoms with van der Waals surface area (Å²) < 4.78 is 8.62. The molecule has 0 aromatic carbocycles. The lowest BCUT2D eigenvalue weighted by molar-refractivity contribution is -0.114. The number of carbonyl (C=O) groups is 1. The predicted octanol–water partition coefficient (Wildman–Crippen LogP) is 3.84. The maximum absolute atomic E-state index is 12.6. The van der Waals surface area contributed by atoms with Crippen molar-refractivity contribution in [1.82, 2.24) is 4.68 Å². The van der Waals surface area contributed by atoms with Crippen molar-refractivity contribution >= 4 is 62.9 Å². The van der Waals surface area contributed by atoms with Gasteiger partial charge in [0, 0.05) is 17.5 Å². The van der Waals surface area contributed by atoms with E-state index in [4.69, 9.17) is 16.6 Å². The topological polar surface area (TPSA) is 38.4 Å². The molecule has 0 unspecified atom stereocenters. The highest BCUT2D eigenvalue weighted by Crippen LogP contribution is 2.33. The maximum Gasteiger partial charge on any atom is 0.285 e. The summed E-state index contributed by atoms with van der Waals surface area (Å²) in [7, 11) is 0. The van der Waals surface area contributed by atoms with Gasteiger partial charge in [-0.25, -0.2) is 0 Å². The summed E-state index contributed by atoms with van der Waals surface area (Å²) in [6.07, 6.45) is 1.73. The van der Waals surface area contributed by atoms with Gasteiger partial charge in [0.15, 0.2) is 8.09 Å². The van der Waals surface area contributed by atoms with Crippen molar-refractivity contribution in [3.8, 4) is 0 Å². The van der Waals surface area contributed by atoms with Crippen molar-refractivity contribution in [2.45, 2.75) is 13.8 Å². The van der Waals surface area contributed by atoms with Gasteiger partial charge in [0.2, 0.25) is 0 Å². The largest absolute Gasteiger partial charge is 0.451 e. The molecule has 0 saturated carbocycles. The van der Waals surface area contributed by atoms with Gasteiger partial charge in [-0.1, -0.05) is 11.8 Å². The molecule has 0 spiro atoms. The lowest BCUT2D eigenvalue weighted by Gasteiger charge is -2.20. The molecule has 21 heavy (non-hydrogen) atoms. The molecule has 1 amide bonds. The number of nitrogens with zero attached hydrogens (tertiary/aromatic N) is 2. The van der Waals surface area contributed by atoms with Crippen molar-refractivity contribution < 1.29 is 9.21 Å². The van der Waals surface area contributed by atoms with Crippen molar-refractivity contribution in [2.24, 2.45) is 0 Å². The van der Waals surface area contributed by atoms with Gasteiger partial charge in [0.25, 0.3) is 5.91 Å². The number of hydrogen-bond acceptors (Lipinski definition) is 4. The normalized spacial score (nSPS) is 17.3. The van der Waals surface area contributed by atoms with Crippen LogP contribution in [0.5, 0.6) is 0 Å². The van der Waals surface area contributed by atoms with Gasteiger partial charge >= 0.3 is 0 Å². The molecule has 0 atom stereocenters. The highest BCUT2D eigenvalue weighted by Gasteiger charge is 2.34. The Hall–Kier alpha value is -1.06. The molecule has 4 nitrogen and oxygen atoms in total. The van der Waals surface area contributed by atoms with E-state index in [1.165, 1.54) is 16.8 Å². The molecular formula is C14H11IN2O2S2. The van der Waals surface area contributed by atoms with Crippen LogP contribution in [-0.2, 0) is 4.79 Å². The molecule has 108 valence electrons. The molecule has 1 saturated heterocycles. The zero-order chi connectivity index (χ0) is 15.1. The van der Waals surface area contributed by atoms with Crippen molar-refractivity contribution in [2.75, 3.05) is 5.01 Å². The summed E-state index contributed by atoms with van der Waals surface area (Å²) in [5, 5.41) is 1.53. The van der Waals surface area contributed by atoms with Crippen LogP contribution in [0, 0.1) is 17.6 Å². The van der Waals surface area contributed by atoms with E-state index in [0.717, 1.165) is 15.2 Å². The minimum absolute atomic E-state index is 0.126. The Labute approximate surface area is 145 Å². The smallest absolute Gasteiger partial charge is 0.285 e. The molecule has 0 N–H and O–H groups in total. The van der Waals surface area contributed by atoms with Crippen LogP contribution in [0.1, 0.15) is 17.1 Å². The number of carbonyl (C=O) groups excluding carboxylic acids is 1. The number of thioether (sulfide) groups is 1. The lowest BCUT2D eigenvalue weighted by Crippen LogP contribution is -2.39. The third-order valence-corrected chi connectivity index (χ3v) is 4.94. The second kappa shape index (κ2) is 5.62. The maximum atomic E-state index is 12.6. The number of furan rings is 1. The van der Waals surface area contributed by atoms with Crippen LogP contribution in [0.15, 0.2) is 33.6 Å². The second-order valence-electron chi connectivity index (χ2n) is 4.56. The van der Waals surface area contributed by atoms with E-state index < -0.39 is 0 Å². The van der Waals surface area contributed by atoms with Gasteiger partial charge in [0.1, 0.15) is 5.76 Å². The van der Waals surface area contributed by atoms with E-state index in [2.05, 4.69) is 22.6 Å². The predicted molar refractivity (Wildman–Crippen MR) is 96.7 cm³/mol. The Morgan fingerprint density at radius 3 is 2.48 bits per heavy atom. The first-order valence-electron chi connectivity index (χ1n) is 6.16. The Morgan fingerprint density at radius 2 is 1.90 bits per heavy atom. The van der Waals surface area contributed by atoms with E-state index >= 15 is 0 Å². The molecule has 1 aliphatic rings. The van der Waals surface area contributed by atoms with Crippen LogP contribution in [0.4, 0.5) is 0 Å². The van der Waals surface area contributed by atoms with Gasteiger partial charge in [-0.2, -0.15) is 5.01 Å². The van der Waals surface area contributed by atoms with Crippen molar-refractivity contribution in [1.29, 1.82) is 0 Å². The Balaban J connectivity index is 1.98. The first-order valence-corrected chi connectivity index (χ1v) is 8.46. The van der Waals surface area contributed by atoms with Crippen LogP contribution in [0.2, 0.25) is 0 Å². The van der Waals surface area contributed by atoms with Crippen molar-refractivity contribution in [3.63, 3.8) is 0 Å². The van der Waals surface area contributed by atoms with E-state index in [1.807, 2.05) is 42.8 Å². The minimum Gasteiger partial charge on any atom is -0.451 e. The Kier molecular flexibility index (Phi) is 3.98. The van der Waals surface area contributed by atoms with Gasteiger partial charge in [0.05, 0.1) is 4.91 Å². The number of halogens is 1. The zero-order valence-electron chi connectivity index (χ0n) is 11.3. The Bertz CT molecular complexity index is 756. The van der Waals surface area contributed by atoms with Crippen LogP contribution >= 0.6 is 46.6 Å². The van der Waals surface area contributed by atoms with E-state index in [1.54, 1.807) is 6.08 Å². The zero-order valence-corrected chi connectivity index (χ0v) is 15.1. The summed E-state index contributed by atoms with van der Waals surface area (Å²) in [6.45, 7) is 3.90. The lowest BCUT2D eigenvalue weighted by atomic mass is 10.4. The highest BCUT2D eigenvalue weighted by atomic mass is 127. The Morgan fingerprint density at radius 1 is 1.24 bits per heavy atom. The summed E-state index contributed by atoms with van der Waals surface area (Å²) in [5.74, 6) is 0.527.